The highest BCUT2D eigenvalue weighted by atomic mass is 32.2. The number of hydrogen-bond donors (Lipinski definition) is 0. The maximum absolute atomic E-state index is 5.61. The summed E-state index contributed by atoms with van der Waals surface area (Å²) in [4.78, 5) is 4.70. The third kappa shape index (κ3) is 10.5. The molecular weight excluding hydrogens is 733 g/mol. The molecule has 292 valence electrons. The lowest BCUT2D eigenvalue weighted by molar-refractivity contribution is 0.123. The molecule has 0 atom stereocenters. The first-order valence-electron chi connectivity index (χ1n) is 19.3. The van der Waals surface area contributed by atoms with Gasteiger partial charge in [-0.1, -0.05) is 84.4 Å². The van der Waals surface area contributed by atoms with Gasteiger partial charge in [-0.15, -0.1) is 8.37 Å². The van der Waals surface area contributed by atoms with E-state index in [2.05, 4.69) is 155 Å². The van der Waals surface area contributed by atoms with Gasteiger partial charge in [0.05, 0.1) is 14.2 Å². The van der Waals surface area contributed by atoms with Crippen LogP contribution in [0.3, 0.4) is 0 Å². The van der Waals surface area contributed by atoms with Gasteiger partial charge in [-0.05, 0) is 116 Å². The van der Waals surface area contributed by atoms with Crippen LogP contribution in [0, 0.1) is 0 Å². The first-order valence-corrected chi connectivity index (χ1v) is 22.5. The van der Waals surface area contributed by atoms with E-state index < -0.39 is 20.3 Å². The number of rotatable bonds is 20. The highest BCUT2D eigenvalue weighted by molar-refractivity contribution is 7.87. The van der Waals surface area contributed by atoms with Gasteiger partial charge in [0.25, 0.3) is 0 Å². The zero-order valence-corrected chi connectivity index (χ0v) is 35.2. The lowest BCUT2D eigenvalue weighted by Gasteiger charge is -2.30. The van der Waals surface area contributed by atoms with Gasteiger partial charge < -0.3 is 23.1 Å². The summed E-state index contributed by atoms with van der Waals surface area (Å²) in [5.41, 5.74) is 12.0. The SMILES string of the molecule is CO[S+](CCCC1=CC=C(N(c2ccccc2)c2ccc(-c3ccc(N(c4ccccc4)c4ccc(CCC[Si](OC)(OC)OC)cc4)cc3)cc2)CC1)OC. The van der Waals surface area contributed by atoms with Crippen LogP contribution in [0.1, 0.15) is 37.7 Å². The molecule has 0 radical (unpaired) electrons. The smallest absolute Gasteiger partial charge is 0.377 e. The minimum atomic E-state index is -2.58. The van der Waals surface area contributed by atoms with Gasteiger partial charge in [-0.25, -0.2) is 0 Å². The third-order valence-electron chi connectivity index (χ3n) is 10.4. The van der Waals surface area contributed by atoms with E-state index in [0.717, 1.165) is 78.8 Å². The van der Waals surface area contributed by atoms with Gasteiger partial charge in [-0.2, -0.15) is 0 Å². The summed E-state index contributed by atoms with van der Waals surface area (Å²) in [5, 5.41) is 0. The van der Waals surface area contributed by atoms with Crippen LogP contribution < -0.4 is 9.80 Å². The van der Waals surface area contributed by atoms with Gasteiger partial charge in [-0.3, -0.25) is 0 Å². The van der Waals surface area contributed by atoms with Gasteiger partial charge in [0.1, 0.15) is 0 Å². The molecular formula is C47H55N2O5SSi+. The molecule has 1 aliphatic rings. The zero-order chi connectivity index (χ0) is 39.2. The van der Waals surface area contributed by atoms with E-state index in [0.29, 0.717) is 0 Å². The third-order valence-corrected chi connectivity index (χ3v) is 14.6. The average Bonchev–Trinajstić information content (AvgIpc) is 3.27. The number of benzene rings is 5. The highest BCUT2D eigenvalue weighted by Gasteiger charge is 2.36. The molecule has 5 aromatic rings. The second kappa shape index (κ2) is 20.6. The summed E-state index contributed by atoms with van der Waals surface area (Å²) < 4.78 is 27.6. The van der Waals surface area contributed by atoms with Gasteiger partial charge in [0, 0.05) is 67.9 Å². The minimum absolute atomic E-state index is 0.408. The number of nitrogens with zero attached hydrogens (tertiary/aromatic N) is 2. The standard InChI is InChI=1S/C47H55N2O5SSi/c1-50-55(51-2)36-12-14-38-20-28-44(29-21-38)48(42-16-8-6-9-17-42)46-32-24-40(25-33-46)41-26-34-47(35-27-41)49(43-18-10-7-11-19-43)45-30-22-39(23-31-45)15-13-37-56(52-3,53-4)54-5/h6-11,16-20,22-28,30-35H,12-15,21,29,36-37H2,1-5H3/q+1. The number of aryl methyl sites for hydroxylation is 1. The summed E-state index contributed by atoms with van der Waals surface area (Å²) >= 11 is -0.408. The molecule has 9 heteroatoms. The Hall–Kier alpha value is -4.45. The van der Waals surface area contributed by atoms with Crippen LogP contribution in [-0.2, 0) is 39.5 Å². The van der Waals surface area contributed by atoms with E-state index in [1.54, 1.807) is 35.5 Å². The maximum atomic E-state index is 5.61. The minimum Gasteiger partial charge on any atom is -0.377 e. The largest absolute Gasteiger partial charge is 0.500 e. The lowest BCUT2D eigenvalue weighted by atomic mass is 9.97. The van der Waals surface area contributed by atoms with Gasteiger partial charge in [0.15, 0.2) is 5.75 Å². The Labute approximate surface area is 338 Å². The number of anilines is 5. The van der Waals surface area contributed by atoms with Crippen LogP contribution in [0.15, 0.2) is 157 Å². The normalized spacial score (nSPS) is 13.0. The van der Waals surface area contributed by atoms with E-state index in [-0.39, 0.29) is 0 Å². The van der Waals surface area contributed by atoms with Crippen LogP contribution in [0.25, 0.3) is 11.1 Å². The molecule has 0 bridgehead atoms. The maximum Gasteiger partial charge on any atom is 0.500 e. The Balaban J connectivity index is 1.18. The van der Waals surface area contributed by atoms with Crippen LogP contribution in [0.5, 0.6) is 0 Å². The number of hydrogen-bond acceptors (Lipinski definition) is 7. The topological polar surface area (TPSA) is 52.6 Å². The fraction of sp³-hybridized carbons (Fsp3) is 0.277. The predicted octanol–water partition coefficient (Wildman–Crippen LogP) is 11.9. The summed E-state index contributed by atoms with van der Waals surface area (Å²) in [6.07, 6.45) is 10.6. The zero-order valence-electron chi connectivity index (χ0n) is 33.4. The fourth-order valence-corrected chi connectivity index (χ4v) is 9.85. The van der Waals surface area contributed by atoms with Crippen molar-refractivity contribution >= 4 is 48.7 Å². The van der Waals surface area contributed by atoms with Crippen molar-refractivity contribution in [2.45, 2.75) is 44.6 Å². The quantitative estimate of drug-likeness (QED) is 0.0575. The molecule has 0 heterocycles. The first kappa shape index (κ1) is 41.2. The Morgan fingerprint density at radius 1 is 0.500 bits per heavy atom. The molecule has 0 amide bonds. The molecule has 0 fully saturated rings. The van der Waals surface area contributed by atoms with E-state index >= 15 is 0 Å². The summed E-state index contributed by atoms with van der Waals surface area (Å²) in [6.45, 7) is 0. The van der Waals surface area contributed by atoms with Crippen LogP contribution in [0.4, 0.5) is 28.4 Å². The Bertz CT molecular complexity index is 1980. The Morgan fingerprint density at radius 2 is 0.982 bits per heavy atom. The van der Waals surface area contributed by atoms with Crippen molar-refractivity contribution in [1.29, 1.82) is 0 Å². The molecule has 0 aromatic heterocycles. The van der Waals surface area contributed by atoms with Crippen molar-refractivity contribution in [3.05, 3.63) is 162 Å². The van der Waals surface area contributed by atoms with Crippen LogP contribution in [-0.4, -0.2) is 50.1 Å². The summed E-state index contributed by atoms with van der Waals surface area (Å²) in [5.74, 6) is 0.926. The van der Waals surface area contributed by atoms with Crippen LogP contribution in [0.2, 0.25) is 6.04 Å². The molecule has 1 aliphatic carbocycles. The summed E-state index contributed by atoms with van der Waals surface area (Å²) in [6, 6.07) is 48.7. The molecule has 0 saturated heterocycles. The number of para-hydroxylation sites is 2. The molecule has 0 spiro atoms. The molecule has 0 aliphatic heterocycles. The molecule has 0 N–H and O–H groups in total. The van der Waals surface area contributed by atoms with Crippen molar-refractivity contribution in [1.82, 2.24) is 0 Å². The van der Waals surface area contributed by atoms with Crippen molar-refractivity contribution in [2.75, 3.05) is 51.1 Å². The monoisotopic (exact) mass is 787 g/mol. The lowest BCUT2D eigenvalue weighted by Crippen LogP contribution is -2.42. The highest BCUT2D eigenvalue weighted by Crippen LogP contribution is 2.38. The molecule has 6 rings (SSSR count). The van der Waals surface area contributed by atoms with E-state index in [1.807, 2.05) is 0 Å². The van der Waals surface area contributed by atoms with Crippen molar-refractivity contribution in [2.24, 2.45) is 0 Å². The van der Waals surface area contributed by atoms with Crippen molar-refractivity contribution in [3.8, 4) is 11.1 Å². The summed E-state index contributed by atoms with van der Waals surface area (Å²) in [7, 11) is 5.86. The molecule has 0 saturated carbocycles. The molecule has 7 nitrogen and oxygen atoms in total. The van der Waals surface area contributed by atoms with E-state index in [4.69, 9.17) is 21.6 Å². The average molecular weight is 788 g/mol. The van der Waals surface area contributed by atoms with Gasteiger partial charge in [0.2, 0.25) is 0 Å². The Morgan fingerprint density at radius 3 is 1.46 bits per heavy atom. The molecule has 56 heavy (non-hydrogen) atoms. The van der Waals surface area contributed by atoms with E-state index in [9.17, 15) is 0 Å². The fourth-order valence-electron chi connectivity index (χ4n) is 7.28. The number of allylic oxidation sites excluding steroid dienone is 4. The van der Waals surface area contributed by atoms with Gasteiger partial charge >= 0.3 is 20.3 Å². The molecule has 0 unspecified atom stereocenters. The Kier molecular flexibility index (Phi) is 15.2. The van der Waals surface area contributed by atoms with Crippen molar-refractivity contribution < 1.29 is 21.6 Å². The second-order valence-corrected chi connectivity index (χ2v) is 18.5. The molecule has 5 aromatic carbocycles. The van der Waals surface area contributed by atoms with Crippen LogP contribution >= 0.6 is 0 Å². The first-order chi connectivity index (χ1) is 27.5. The second-order valence-electron chi connectivity index (χ2n) is 13.7. The van der Waals surface area contributed by atoms with Crippen molar-refractivity contribution in [3.63, 3.8) is 0 Å². The predicted molar refractivity (Wildman–Crippen MR) is 236 cm³/mol. The van der Waals surface area contributed by atoms with E-state index in [1.165, 1.54) is 28.0 Å².